The van der Waals surface area contributed by atoms with Gasteiger partial charge in [0.25, 0.3) is 5.91 Å². The molecule has 1 aromatic rings. The zero-order chi connectivity index (χ0) is 13.0. The van der Waals surface area contributed by atoms with Gasteiger partial charge in [-0.25, -0.2) is 4.98 Å². The van der Waals surface area contributed by atoms with E-state index in [0.29, 0.717) is 10.7 Å². The number of rotatable bonds is 3. The van der Waals surface area contributed by atoms with Crippen LogP contribution in [0.1, 0.15) is 30.1 Å². The average Bonchev–Trinajstić information content (AvgIpc) is 2.40. The molecule has 2 rings (SSSR count). The van der Waals surface area contributed by atoms with E-state index in [1.54, 1.807) is 12.1 Å². The second-order valence-electron chi connectivity index (χ2n) is 4.55. The fourth-order valence-electron chi connectivity index (χ4n) is 2.17. The van der Waals surface area contributed by atoms with Crippen LogP contribution in [0.25, 0.3) is 0 Å². The standard InChI is InChI=1S/C13H18ClN3O/c1-2-17-7-5-11(6-8-17)16-13(18)10-3-4-12(14)15-9-10/h3-4,9,11H,2,5-8H2,1H3,(H,16,18). The molecule has 1 saturated heterocycles. The monoisotopic (exact) mass is 267 g/mol. The van der Waals surface area contributed by atoms with Gasteiger partial charge in [-0.05, 0) is 31.5 Å². The van der Waals surface area contributed by atoms with Gasteiger partial charge in [-0.15, -0.1) is 0 Å². The molecule has 1 aliphatic rings. The smallest absolute Gasteiger partial charge is 0.253 e. The maximum Gasteiger partial charge on any atom is 0.253 e. The summed E-state index contributed by atoms with van der Waals surface area (Å²) < 4.78 is 0. The van der Waals surface area contributed by atoms with Crippen molar-refractivity contribution >= 4 is 17.5 Å². The maximum absolute atomic E-state index is 12.0. The largest absolute Gasteiger partial charge is 0.349 e. The number of carbonyl (C=O) groups is 1. The van der Waals surface area contributed by atoms with Gasteiger partial charge in [-0.3, -0.25) is 4.79 Å². The van der Waals surface area contributed by atoms with Crippen LogP contribution in [0, 0.1) is 0 Å². The molecule has 1 aliphatic heterocycles. The van der Waals surface area contributed by atoms with Crippen LogP contribution < -0.4 is 5.32 Å². The van der Waals surface area contributed by atoms with Crippen molar-refractivity contribution in [3.05, 3.63) is 29.0 Å². The van der Waals surface area contributed by atoms with Gasteiger partial charge in [-0.2, -0.15) is 0 Å². The van der Waals surface area contributed by atoms with Crippen LogP contribution in [-0.4, -0.2) is 41.5 Å². The van der Waals surface area contributed by atoms with E-state index in [2.05, 4.69) is 22.1 Å². The van der Waals surface area contributed by atoms with E-state index in [-0.39, 0.29) is 11.9 Å². The lowest BCUT2D eigenvalue weighted by Gasteiger charge is -2.31. The van der Waals surface area contributed by atoms with E-state index in [0.717, 1.165) is 32.5 Å². The molecule has 0 aromatic carbocycles. The molecular weight excluding hydrogens is 250 g/mol. The number of likely N-dealkylation sites (tertiary alicyclic amines) is 1. The summed E-state index contributed by atoms with van der Waals surface area (Å²) in [4.78, 5) is 18.3. The number of piperidine rings is 1. The van der Waals surface area contributed by atoms with Crippen molar-refractivity contribution in [3.8, 4) is 0 Å². The summed E-state index contributed by atoms with van der Waals surface area (Å²) in [6.07, 6.45) is 3.54. The molecule has 0 bridgehead atoms. The molecule has 1 N–H and O–H groups in total. The summed E-state index contributed by atoms with van der Waals surface area (Å²) in [6, 6.07) is 3.61. The van der Waals surface area contributed by atoms with Crippen molar-refractivity contribution in [2.45, 2.75) is 25.8 Å². The van der Waals surface area contributed by atoms with Crippen LogP contribution in [0.3, 0.4) is 0 Å². The molecule has 0 spiro atoms. The average molecular weight is 268 g/mol. The zero-order valence-electron chi connectivity index (χ0n) is 10.5. The Bertz CT molecular complexity index is 399. The molecular formula is C13H18ClN3O. The lowest BCUT2D eigenvalue weighted by atomic mass is 10.0. The van der Waals surface area contributed by atoms with E-state index < -0.39 is 0 Å². The summed E-state index contributed by atoms with van der Waals surface area (Å²) in [5.41, 5.74) is 0.567. The Morgan fingerprint density at radius 3 is 2.78 bits per heavy atom. The second-order valence-corrected chi connectivity index (χ2v) is 4.94. The van der Waals surface area contributed by atoms with E-state index in [1.165, 1.54) is 6.20 Å². The summed E-state index contributed by atoms with van der Waals surface area (Å²) >= 11 is 5.69. The number of carbonyl (C=O) groups excluding carboxylic acids is 1. The normalized spacial score (nSPS) is 17.7. The SMILES string of the molecule is CCN1CCC(NC(=O)c2ccc(Cl)nc2)CC1. The Hall–Kier alpha value is -1.13. The molecule has 0 atom stereocenters. The molecule has 98 valence electrons. The molecule has 4 nitrogen and oxygen atoms in total. The molecule has 1 amide bonds. The highest BCUT2D eigenvalue weighted by Gasteiger charge is 2.20. The zero-order valence-corrected chi connectivity index (χ0v) is 11.3. The summed E-state index contributed by atoms with van der Waals surface area (Å²) in [5, 5.41) is 3.46. The molecule has 0 aliphatic carbocycles. The number of nitrogens with one attached hydrogen (secondary N) is 1. The van der Waals surface area contributed by atoms with Crippen molar-refractivity contribution in [2.75, 3.05) is 19.6 Å². The first-order valence-corrected chi connectivity index (χ1v) is 6.71. The first-order chi connectivity index (χ1) is 8.69. The Morgan fingerprint density at radius 2 is 2.22 bits per heavy atom. The number of aromatic nitrogens is 1. The van der Waals surface area contributed by atoms with Crippen molar-refractivity contribution in [1.29, 1.82) is 0 Å². The first-order valence-electron chi connectivity index (χ1n) is 6.34. The second kappa shape index (κ2) is 6.16. The Labute approximate surface area is 112 Å². The van der Waals surface area contributed by atoms with E-state index in [1.807, 2.05) is 0 Å². The summed E-state index contributed by atoms with van der Waals surface area (Å²) in [6.45, 7) is 5.36. The molecule has 2 heterocycles. The van der Waals surface area contributed by atoms with Crippen LogP contribution >= 0.6 is 11.6 Å². The number of amides is 1. The third-order valence-corrected chi connectivity index (χ3v) is 3.58. The van der Waals surface area contributed by atoms with Gasteiger partial charge in [0.05, 0.1) is 5.56 Å². The fraction of sp³-hybridized carbons (Fsp3) is 0.538. The number of nitrogens with zero attached hydrogens (tertiary/aromatic N) is 2. The van der Waals surface area contributed by atoms with Gasteiger partial charge in [0.1, 0.15) is 5.15 Å². The van der Waals surface area contributed by atoms with E-state index >= 15 is 0 Å². The summed E-state index contributed by atoms with van der Waals surface area (Å²) in [7, 11) is 0. The minimum absolute atomic E-state index is 0.0610. The van der Waals surface area contributed by atoms with Gasteiger partial charge < -0.3 is 10.2 Å². The topological polar surface area (TPSA) is 45.2 Å². The lowest BCUT2D eigenvalue weighted by Crippen LogP contribution is -2.44. The van der Waals surface area contributed by atoms with Crippen LogP contribution in [-0.2, 0) is 0 Å². The van der Waals surface area contributed by atoms with Crippen LogP contribution in [0.2, 0.25) is 5.15 Å². The molecule has 0 radical (unpaired) electrons. The molecule has 5 heteroatoms. The fourth-order valence-corrected chi connectivity index (χ4v) is 2.28. The predicted molar refractivity (Wildman–Crippen MR) is 71.8 cm³/mol. The van der Waals surface area contributed by atoms with Crippen LogP contribution in [0.4, 0.5) is 0 Å². The Morgan fingerprint density at radius 1 is 1.50 bits per heavy atom. The van der Waals surface area contributed by atoms with E-state index in [9.17, 15) is 4.79 Å². The molecule has 1 aromatic heterocycles. The number of halogens is 1. The quantitative estimate of drug-likeness (QED) is 0.852. The highest BCUT2D eigenvalue weighted by atomic mass is 35.5. The van der Waals surface area contributed by atoms with Crippen molar-refractivity contribution in [1.82, 2.24) is 15.2 Å². The number of hydrogen-bond acceptors (Lipinski definition) is 3. The van der Waals surface area contributed by atoms with Crippen molar-refractivity contribution in [3.63, 3.8) is 0 Å². The van der Waals surface area contributed by atoms with E-state index in [4.69, 9.17) is 11.6 Å². The van der Waals surface area contributed by atoms with Gasteiger partial charge in [0.2, 0.25) is 0 Å². The lowest BCUT2D eigenvalue weighted by molar-refractivity contribution is 0.0912. The first kappa shape index (κ1) is 13.3. The highest BCUT2D eigenvalue weighted by Crippen LogP contribution is 2.11. The minimum Gasteiger partial charge on any atom is -0.349 e. The van der Waals surface area contributed by atoms with Crippen molar-refractivity contribution < 1.29 is 4.79 Å². The minimum atomic E-state index is -0.0610. The number of pyridine rings is 1. The van der Waals surface area contributed by atoms with Gasteiger partial charge in [0, 0.05) is 25.3 Å². The summed E-state index contributed by atoms with van der Waals surface area (Å²) in [5.74, 6) is -0.0610. The van der Waals surface area contributed by atoms with Gasteiger partial charge in [0.15, 0.2) is 0 Å². The number of hydrogen-bond donors (Lipinski definition) is 1. The Balaban J connectivity index is 1.86. The van der Waals surface area contributed by atoms with Crippen LogP contribution in [0.5, 0.6) is 0 Å². The molecule has 0 saturated carbocycles. The van der Waals surface area contributed by atoms with Crippen molar-refractivity contribution in [2.24, 2.45) is 0 Å². The van der Waals surface area contributed by atoms with Gasteiger partial charge in [-0.1, -0.05) is 18.5 Å². The Kier molecular flexibility index (Phi) is 4.55. The third-order valence-electron chi connectivity index (χ3n) is 3.36. The van der Waals surface area contributed by atoms with Crippen LogP contribution in [0.15, 0.2) is 18.3 Å². The maximum atomic E-state index is 12.0. The molecule has 0 unspecified atom stereocenters. The molecule has 1 fully saturated rings. The highest BCUT2D eigenvalue weighted by molar-refractivity contribution is 6.29. The molecule has 18 heavy (non-hydrogen) atoms. The third kappa shape index (κ3) is 3.43. The predicted octanol–water partition coefficient (Wildman–Crippen LogP) is 1.95. The van der Waals surface area contributed by atoms with Gasteiger partial charge >= 0.3 is 0 Å².